The third-order valence-corrected chi connectivity index (χ3v) is 5.05. The van der Waals surface area contributed by atoms with Crippen LogP contribution in [0.25, 0.3) is 0 Å². The van der Waals surface area contributed by atoms with Crippen LogP contribution in [0.15, 0.2) is 72.9 Å². The molecule has 0 spiro atoms. The second kappa shape index (κ2) is 12.4. The van der Waals surface area contributed by atoms with Crippen LogP contribution in [-0.2, 0) is 29.2 Å². The minimum Gasteiger partial charge on any atom is -0.389 e. The average molecular weight is 427 g/mol. The van der Waals surface area contributed by atoms with Crippen molar-refractivity contribution in [1.82, 2.24) is 9.47 Å². The van der Waals surface area contributed by atoms with E-state index in [2.05, 4.69) is 15.5 Å². The van der Waals surface area contributed by atoms with Gasteiger partial charge in [-0.15, -0.1) is 0 Å². The molecule has 0 amide bonds. The van der Waals surface area contributed by atoms with Gasteiger partial charge in [0.05, 0.1) is 25.9 Å². The van der Waals surface area contributed by atoms with Crippen LogP contribution in [0.4, 0.5) is 4.39 Å². The molecule has 0 radical (unpaired) electrons. The molecular weight excluding hydrogens is 395 g/mol. The molecule has 0 saturated carbocycles. The molecule has 1 aromatic heterocycles. The Kier molecular flexibility index (Phi) is 9.24. The summed E-state index contributed by atoms with van der Waals surface area (Å²) in [5.41, 5.74) is 3.09. The molecule has 3 aromatic rings. The van der Waals surface area contributed by atoms with Gasteiger partial charge in [0.2, 0.25) is 0 Å². The van der Waals surface area contributed by atoms with Crippen molar-refractivity contribution in [2.75, 3.05) is 33.4 Å². The highest BCUT2D eigenvalue weighted by Crippen LogP contribution is 2.12. The van der Waals surface area contributed by atoms with Crippen LogP contribution < -0.4 is 0 Å². The maximum Gasteiger partial charge on any atom is 0.123 e. The smallest absolute Gasteiger partial charge is 0.123 e. The number of hydrogen-bond donors (Lipinski definition) is 1. The Balaban J connectivity index is 1.55. The fraction of sp³-hybridized carbons (Fsp3) is 0.360. The summed E-state index contributed by atoms with van der Waals surface area (Å²) in [5, 5.41) is 10.5. The number of rotatable bonds is 13. The van der Waals surface area contributed by atoms with E-state index in [0.717, 1.165) is 16.8 Å². The van der Waals surface area contributed by atoms with E-state index in [1.54, 1.807) is 19.2 Å². The van der Waals surface area contributed by atoms with E-state index in [1.165, 1.54) is 6.07 Å². The van der Waals surface area contributed by atoms with Gasteiger partial charge in [0.25, 0.3) is 0 Å². The molecule has 0 fully saturated rings. The van der Waals surface area contributed by atoms with Gasteiger partial charge in [0.15, 0.2) is 0 Å². The number of ether oxygens (including phenoxy) is 2. The summed E-state index contributed by atoms with van der Waals surface area (Å²) in [6.07, 6.45) is 1.39. The van der Waals surface area contributed by atoms with E-state index in [0.29, 0.717) is 39.4 Å². The van der Waals surface area contributed by atoms with Crippen LogP contribution in [-0.4, -0.2) is 54.1 Å². The number of halogens is 1. The zero-order chi connectivity index (χ0) is 21.9. The maximum atomic E-state index is 13.5. The number of nitrogens with zero attached hydrogens (tertiary/aromatic N) is 2. The molecule has 0 aliphatic carbocycles. The van der Waals surface area contributed by atoms with E-state index < -0.39 is 6.10 Å². The van der Waals surface area contributed by atoms with Gasteiger partial charge in [-0.3, -0.25) is 4.90 Å². The van der Waals surface area contributed by atoms with Gasteiger partial charge in [0.1, 0.15) is 5.82 Å². The molecule has 1 atom stereocenters. The summed E-state index contributed by atoms with van der Waals surface area (Å²) in [6.45, 7) is 3.74. The largest absolute Gasteiger partial charge is 0.389 e. The first-order chi connectivity index (χ1) is 15.1. The van der Waals surface area contributed by atoms with Crippen LogP contribution in [0, 0.1) is 5.82 Å². The Morgan fingerprint density at radius 1 is 1.03 bits per heavy atom. The molecule has 6 heteroatoms. The van der Waals surface area contributed by atoms with Gasteiger partial charge >= 0.3 is 0 Å². The monoisotopic (exact) mass is 426 g/mol. The lowest BCUT2D eigenvalue weighted by Crippen LogP contribution is -2.37. The molecule has 1 heterocycles. The van der Waals surface area contributed by atoms with E-state index in [1.807, 2.05) is 48.7 Å². The van der Waals surface area contributed by atoms with Crippen LogP contribution in [0.5, 0.6) is 0 Å². The van der Waals surface area contributed by atoms with Crippen molar-refractivity contribution in [2.24, 2.45) is 0 Å². The molecule has 31 heavy (non-hydrogen) atoms. The van der Waals surface area contributed by atoms with E-state index in [9.17, 15) is 9.50 Å². The third-order valence-electron chi connectivity index (χ3n) is 5.05. The van der Waals surface area contributed by atoms with Crippen molar-refractivity contribution >= 4 is 0 Å². The lowest BCUT2D eigenvalue weighted by atomic mass is 10.2. The zero-order valence-electron chi connectivity index (χ0n) is 18.0. The Morgan fingerprint density at radius 3 is 2.61 bits per heavy atom. The summed E-state index contributed by atoms with van der Waals surface area (Å²) >= 11 is 0. The van der Waals surface area contributed by atoms with Crippen molar-refractivity contribution in [2.45, 2.75) is 25.8 Å². The van der Waals surface area contributed by atoms with Gasteiger partial charge in [-0.1, -0.05) is 42.5 Å². The topological polar surface area (TPSA) is 46.9 Å². The highest BCUT2D eigenvalue weighted by Gasteiger charge is 2.15. The number of benzene rings is 2. The normalized spacial score (nSPS) is 12.4. The molecule has 0 aliphatic heterocycles. The minimum absolute atomic E-state index is 0.230. The number of hydrogen-bond acceptors (Lipinski definition) is 4. The van der Waals surface area contributed by atoms with Crippen LogP contribution in [0.1, 0.15) is 16.8 Å². The third kappa shape index (κ3) is 7.92. The Labute approximate surface area is 183 Å². The van der Waals surface area contributed by atoms with Crippen molar-refractivity contribution < 1.29 is 19.0 Å². The fourth-order valence-electron chi connectivity index (χ4n) is 3.50. The quantitative estimate of drug-likeness (QED) is 0.453. The number of aliphatic hydroxyl groups excluding tert-OH is 1. The number of methoxy groups -OCH3 is 1. The standard InChI is InChI=1S/C25H31FN2O3/c1-30-14-13-27(18-25(29)20-31-19-21-7-3-2-4-8-21)17-24-11-6-12-28(24)16-22-9-5-10-23(26)15-22/h2-12,15,25,29H,13-14,16-20H2,1H3/t25-/m0/s1. The van der Waals surface area contributed by atoms with Crippen molar-refractivity contribution in [3.8, 4) is 0 Å². The summed E-state index contributed by atoms with van der Waals surface area (Å²) in [5.74, 6) is -0.230. The summed E-state index contributed by atoms with van der Waals surface area (Å²) in [6, 6.07) is 20.6. The van der Waals surface area contributed by atoms with Crippen LogP contribution in [0.3, 0.4) is 0 Å². The van der Waals surface area contributed by atoms with Crippen molar-refractivity contribution in [3.05, 3.63) is 95.6 Å². The van der Waals surface area contributed by atoms with Crippen molar-refractivity contribution in [3.63, 3.8) is 0 Å². The molecule has 166 valence electrons. The van der Waals surface area contributed by atoms with Gasteiger partial charge in [-0.05, 0) is 35.4 Å². The molecular formula is C25H31FN2O3. The predicted molar refractivity (Wildman–Crippen MR) is 119 cm³/mol. The molecule has 1 N–H and O–H groups in total. The van der Waals surface area contributed by atoms with Gasteiger partial charge in [-0.2, -0.15) is 0 Å². The summed E-state index contributed by atoms with van der Waals surface area (Å²) < 4.78 is 26.6. The first-order valence-electron chi connectivity index (χ1n) is 10.5. The Morgan fingerprint density at radius 2 is 1.84 bits per heavy atom. The zero-order valence-corrected chi connectivity index (χ0v) is 18.0. The second-order valence-electron chi connectivity index (χ2n) is 7.64. The van der Waals surface area contributed by atoms with Gasteiger partial charge < -0.3 is 19.1 Å². The molecule has 0 saturated heterocycles. The first-order valence-corrected chi connectivity index (χ1v) is 10.5. The second-order valence-corrected chi connectivity index (χ2v) is 7.64. The minimum atomic E-state index is -0.604. The summed E-state index contributed by atoms with van der Waals surface area (Å²) in [7, 11) is 1.67. The molecule has 0 aliphatic rings. The van der Waals surface area contributed by atoms with E-state index >= 15 is 0 Å². The summed E-state index contributed by atoms with van der Waals surface area (Å²) in [4.78, 5) is 2.15. The lowest BCUT2D eigenvalue weighted by Gasteiger charge is -2.25. The van der Waals surface area contributed by atoms with Crippen LogP contribution in [0.2, 0.25) is 0 Å². The van der Waals surface area contributed by atoms with E-state index in [4.69, 9.17) is 9.47 Å². The first kappa shape index (κ1) is 23.2. The van der Waals surface area contributed by atoms with Crippen LogP contribution >= 0.6 is 0 Å². The number of aromatic nitrogens is 1. The van der Waals surface area contributed by atoms with Gasteiger partial charge in [0, 0.05) is 45.2 Å². The Bertz CT molecular complexity index is 901. The molecule has 5 nitrogen and oxygen atoms in total. The maximum absolute atomic E-state index is 13.5. The Hall–Kier alpha value is -2.51. The molecule has 2 aromatic carbocycles. The molecule has 0 bridgehead atoms. The lowest BCUT2D eigenvalue weighted by molar-refractivity contribution is 0.00443. The SMILES string of the molecule is COCCN(Cc1cccn1Cc1cccc(F)c1)C[C@H](O)COCc1ccccc1. The fourth-order valence-corrected chi connectivity index (χ4v) is 3.50. The molecule has 0 unspecified atom stereocenters. The predicted octanol–water partition coefficient (Wildman–Crippen LogP) is 3.70. The highest BCUT2D eigenvalue weighted by molar-refractivity contribution is 5.19. The van der Waals surface area contributed by atoms with Crippen molar-refractivity contribution in [1.29, 1.82) is 0 Å². The molecule has 3 rings (SSSR count). The number of aliphatic hydroxyl groups is 1. The van der Waals surface area contributed by atoms with E-state index in [-0.39, 0.29) is 12.4 Å². The average Bonchev–Trinajstić information content (AvgIpc) is 3.19. The highest BCUT2D eigenvalue weighted by atomic mass is 19.1. The van der Waals surface area contributed by atoms with Gasteiger partial charge in [-0.25, -0.2) is 4.39 Å².